The van der Waals surface area contributed by atoms with Gasteiger partial charge in [0.1, 0.15) is 17.8 Å². The standard InChI is InChI=1S/C20H23N3O4/c1-14(22-17(24)13-27-16-11-7-4-8-12-16)19(25)23-18(20(26)21-2)15-9-5-3-6-10-15/h3-12,14,18H,13H2,1-2H3,(H,21,26)(H,22,24)(H,23,25)/t14?,18-/m1/s1. The second-order valence-corrected chi connectivity index (χ2v) is 5.86. The topological polar surface area (TPSA) is 96.5 Å². The highest BCUT2D eigenvalue weighted by atomic mass is 16.5. The van der Waals surface area contributed by atoms with Crippen molar-refractivity contribution in [3.05, 3.63) is 66.2 Å². The van der Waals surface area contributed by atoms with Crippen molar-refractivity contribution in [2.45, 2.75) is 19.0 Å². The molecule has 0 aliphatic carbocycles. The van der Waals surface area contributed by atoms with Crippen molar-refractivity contribution < 1.29 is 19.1 Å². The summed E-state index contributed by atoms with van der Waals surface area (Å²) in [4.78, 5) is 36.5. The third kappa shape index (κ3) is 6.14. The van der Waals surface area contributed by atoms with Gasteiger partial charge in [-0.2, -0.15) is 0 Å². The van der Waals surface area contributed by atoms with E-state index in [2.05, 4.69) is 16.0 Å². The smallest absolute Gasteiger partial charge is 0.258 e. The Kier molecular flexibility index (Phi) is 7.37. The number of para-hydroxylation sites is 1. The van der Waals surface area contributed by atoms with Crippen LogP contribution < -0.4 is 20.7 Å². The van der Waals surface area contributed by atoms with E-state index in [-0.39, 0.29) is 12.5 Å². The van der Waals surface area contributed by atoms with Crippen molar-refractivity contribution in [1.82, 2.24) is 16.0 Å². The molecule has 7 heteroatoms. The number of nitrogens with one attached hydrogen (secondary N) is 3. The van der Waals surface area contributed by atoms with Crippen molar-refractivity contribution in [3.8, 4) is 5.75 Å². The number of carbonyl (C=O) groups is 3. The number of rotatable bonds is 8. The van der Waals surface area contributed by atoms with Crippen molar-refractivity contribution in [3.63, 3.8) is 0 Å². The molecule has 0 spiro atoms. The van der Waals surface area contributed by atoms with Gasteiger partial charge in [-0.05, 0) is 24.6 Å². The molecule has 0 fully saturated rings. The monoisotopic (exact) mass is 369 g/mol. The molecule has 2 aromatic carbocycles. The molecule has 2 rings (SSSR count). The van der Waals surface area contributed by atoms with E-state index in [0.717, 1.165) is 0 Å². The SMILES string of the molecule is CNC(=O)[C@H](NC(=O)C(C)NC(=O)COc1ccccc1)c1ccccc1. The van der Waals surface area contributed by atoms with Crippen LogP contribution in [0.2, 0.25) is 0 Å². The van der Waals surface area contributed by atoms with Crippen molar-refractivity contribution in [2.24, 2.45) is 0 Å². The number of likely N-dealkylation sites (N-methyl/N-ethyl adjacent to an activating group) is 1. The number of amides is 3. The van der Waals surface area contributed by atoms with Crippen molar-refractivity contribution >= 4 is 17.7 Å². The van der Waals surface area contributed by atoms with Crippen LogP contribution in [0, 0.1) is 0 Å². The quantitative estimate of drug-likeness (QED) is 0.651. The van der Waals surface area contributed by atoms with Gasteiger partial charge < -0.3 is 20.7 Å². The van der Waals surface area contributed by atoms with E-state index < -0.39 is 23.9 Å². The Morgan fingerprint density at radius 1 is 0.889 bits per heavy atom. The van der Waals surface area contributed by atoms with Gasteiger partial charge in [0, 0.05) is 7.05 Å². The number of ether oxygens (including phenoxy) is 1. The lowest BCUT2D eigenvalue weighted by Gasteiger charge is -2.21. The molecule has 0 aromatic heterocycles. The van der Waals surface area contributed by atoms with Crippen LogP contribution in [0.15, 0.2) is 60.7 Å². The second-order valence-electron chi connectivity index (χ2n) is 5.86. The normalized spacial score (nSPS) is 12.4. The van der Waals surface area contributed by atoms with Crippen LogP contribution in [0.1, 0.15) is 18.5 Å². The first-order valence-electron chi connectivity index (χ1n) is 8.55. The molecule has 1 unspecified atom stereocenters. The number of hydrogen-bond donors (Lipinski definition) is 3. The Morgan fingerprint density at radius 2 is 1.48 bits per heavy atom. The molecule has 0 saturated heterocycles. The summed E-state index contributed by atoms with van der Waals surface area (Å²) in [5, 5.41) is 7.74. The molecule has 0 bridgehead atoms. The summed E-state index contributed by atoms with van der Waals surface area (Å²) < 4.78 is 5.35. The van der Waals surface area contributed by atoms with Crippen molar-refractivity contribution in [1.29, 1.82) is 0 Å². The first-order valence-corrected chi connectivity index (χ1v) is 8.55. The van der Waals surface area contributed by atoms with Gasteiger partial charge in [-0.25, -0.2) is 0 Å². The predicted octanol–water partition coefficient (Wildman–Crippen LogP) is 1.17. The fraction of sp³-hybridized carbons (Fsp3) is 0.250. The first-order chi connectivity index (χ1) is 13.0. The maximum Gasteiger partial charge on any atom is 0.258 e. The molecule has 27 heavy (non-hydrogen) atoms. The highest BCUT2D eigenvalue weighted by Crippen LogP contribution is 2.13. The molecule has 2 atom stereocenters. The summed E-state index contributed by atoms with van der Waals surface area (Å²) >= 11 is 0. The number of hydrogen-bond acceptors (Lipinski definition) is 4. The third-order valence-electron chi connectivity index (χ3n) is 3.81. The maximum absolute atomic E-state index is 12.4. The van der Waals surface area contributed by atoms with Gasteiger partial charge in [0.2, 0.25) is 11.8 Å². The Balaban J connectivity index is 1.90. The number of carbonyl (C=O) groups excluding carboxylic acids is 3. The zero-order valence-corrected chi connectivity index (χ0v) is 15.3. The van der Waals surface area contributed by atoms with Gasteiger partial charge in [-0.15, -0.1) is 0 Å². The van der Waals surface area contributed by atoms with Gasteiger partial charge in [-0.3, -0.25) is 14.4 Å². The molecular formula is C20H23N3O4. The molecule has 7 nitrogen and oxygen atoms in total. The van der Waals surface area contributed by atoms with Crippen LogP contribution in [-0.2, 0) is 14.4 Å². The highest BCUT2D eigenvalue weighted by Gasteiger charge is 2.25. The van der Waals surface area contributed by atoms with E-state index in [9.17, 15) is 14.4 Å². The average Bonchev–Trinajstić information content (AvgIpc) is 2.71. The van der Waals surface area contributed by atoms with Crippen molar-refractivity contribution in [2.75, 3.05) is 13.7 Å². The summed E-state index contributed by atoms with van der Waals surface area (Å²) in [7, 11) is 1.50. The van der Waals surface area contributed by atoms with E-state index in [1.165, 1.54) is 7.05 Å². The second kappa shape index (κ2) is 9.96. The van der Waals surface area contributed by atoms with Crippen LogP contribution in [0.4, 0.5) is 0 Å². The van der Waals surface area contributed by atoms with Gasteiger partial charge in [0.15, 0.2) is 6.61 Å². The third-order valence-corrected chi connectivity index (χ3v) is 3.81. The Labute approximate surface area is 158 Å². The van der Waals surface area contributed by atoms with Gasteiger partial charge in [0.05, 0.1) is 0 Å². The minimum atomic E-state index is -0.844. The fourth-order valence-electron chi connectivity index (χ4n) is 2.37. The lowest BCUT2D eigenvalue weighted by molar-refractivity contribution is -0.132. The summed E-state index contributed by atoms with van der Waals surface area (Å²) in [6.07, 6.45) is 0. The summed E-state index contributed by atoms with van der Waals surface area (Å²) in [5.74, 6) is -0.688. The molecule has 2 aromatic rings. The van der Waals surface area contributed by atoms with E-state index in [4.69, 9.17) is 4.74 Å². The predicted molar refractivity (Wildman–Crippen MR) is 101 cm³/mol. The zero-order valence-electron chi connectivity index (χ0n) is 15.3. The van der Waals surface area contributed by atoms with Crippen LogP contribution in [0.3, 0.4) is 0 Å². The van der Waals surface area contributed by atoms with Crippen LogP contribution in [0.5, 0.6) is 5.75 Å². The molecule has 3 amide bonds. The first kappa shape index (κ1) is 20.0. The molecule has 3 N–H and O–H groups in total. The lowest BCUT2D eigenvalue weighted by atomic mass is 10.1. The maximum atomic E-state index is 12.4. The molecular weight excluding hydrogens is 346 g/mol. The van der Waals surface area contributed by atoms with Crippen LogP contribution in [-0.4, -0.2) is 37.4 Å². The van der Waals surface area contributed by atoms with E-state index in [0.29, 0.717) is 11.3 Å². The largest absolute Gasteiger partial charge is 0.484 e. The summed E-state index contributed by atoms with van der Waals surface area (Å²) in [6.45, 7) is 1.33. The number of benzene rings is 2. The molecule has 0 aliphatic heterocycles. The fourth-order valence-corrected chi connectivity index (χ4v) is 2.37. The van der Waals surface area contributed by atoms with Crippen LogP contribution >= 0.6 is 0 Å². The Bertz CT molecular complexity index is 765. The van der Waals surface area contributed by atoms with E-state index in [1.807, 2.05) is 12.1 Å². The van der Waals surface area contributed by atoms with E-state index in [1.54, 1.807) is 55.5 Å². The molecule has 0 heterocycles. The molecule has 0 saturated carbocycles. The zero-order chi connectivity index (χ0) is 19.6. The molecule has 0 aliphatic rings. The molecule has 142 valence electrons. The van der Waals surface area contributed by atoms with Gasteiger partial charge in [-0.1, -0.05) is 48.5 Å². The van der Waals surface area contributed by atoms with E-state index >= 15 is 0 Å². The lowest BCUT2D eigenvalue weighted by Crippen LogP contribution is -2.49. The minimum Gasteiger partial charge on any atom is -0.484 e. The van der Waals surface area contributed by atoms with Gasteiger partial charge in [0.25, 0.3) is 5.91 Å². The molecule has 0 radical (unpaired) electrons. The average molecular weight is 369 g/mol. The van der Waals surface area contributed by atoms with Crippen LogP contribution in [0.25, 0.3) is 0 Å². The Hall–Kier alpha value is -3.35. The summed E-state index contributed by atoms with van der Waals surface area (Å²) in [6, 6.07) is 16.1. The highest BCUT2D eigenvalue weighted by molar-refractivity contribution is 5.92. The Morgan fingerprint density at radius 3 is 2.07 bits per heavy atom. The summed E-state index contributed by atoms with van der Waals surface area (Å²) in [5.41, 5.74) is 0.649. The van der Waals surface area contributed by atoms with Gasteiger partial charge >= 0.3 is 0 Å². The minimum absolute atomic E-state index is 0.209.